The number of rotatable bonds is 8. The van der Waals surface area contributed by atoms with Gasteiger partial charge in [0, 0.05) is 26.4 Å². The molecule has 0 aliphatic heterocycles. The predicted molar refractivity (Wildman–Crippen MR) is 74.3 cm³/mol. The maximum absolute atomic E-state index is 5.63. The standard InChI is InChI=1S/C15H24NO.Li/c1-4-5-6-7-12-17-13-14-8-10-15(11-9-14)16(2)3;/h8-11H,1,4-7,12-13H2,2-3H3;/q-1;+1. The van der Waals surface area contributed by atoms with Crippen LogP contribution in [0.1, 0.15) is 31.2 Å². The third-order valence-electron chi connectivity index (χ3n) is 2.76. The fourth-order valence-corrected chi connectivity index (χ4v) is 1.64. The molecule has 0 saturated heterocycles. The molecule has 0 aliphatic carbocycles. The first-order valence-electron chi connectivity index (χ1n) is 6.37. The summed E-state index contributed by atoms with van der Waals surface area (Å²) in [7, 11) is 4.10. The Labute approximate surface area is 124 Å². The van der Waals surface area contributed by atoms with Gasteiger partial charge in [0.1, 0.15) is 0 Å². The van der Waals surface area contributed by atoms with Gasteiger partial charge in [-0.05, 0) is 24.1 Å². The minimum Gasteiger partial charge on any atom is -0.378 e. The molecule has 0 radical (unpaired) electrons. The Morgan fingerprint density at radius 3 is 2.28 bits per heavy atom. The summed E-state index contributed by atoms with van der Waals surface area (Å²) in [6.07, 6.45) is 4.61. The molecule has 0 bridgehead atoms. The van der Waals surface area contributed by atoms with Crippen LogP contribution in [0.5, 0.6) is 0 Å². The molecule has 0 N–H and O–H groups in total. The fourth-order valence-electron chi connectivity index (χ4n) is 1.64. The molecule has 0 unspecified atom stereocenters. The molecular formula is C15H24LiNO. The number of ether oxygens (including phenoxy) is 1. The zero-order valence-corrected chi connectivity index (χ0v) is 12.1. The molecule has 0 heterocycles. The van der Waals surface area contributed by atoms with E-state index in [1.54, 1.807) is 0 Å². The van der Waals surface area contributed by atoms with Crippen LogP contribution in [0.15, 0.2) is 24.3 Å². The van der Waals surface area contributed by atoms with Gasteiger partial charge in [0.05, 0.1) is 6.61 Å². The second kappa shape index (κ2) is 10.5. The van der Waals surface area contributed by atoms with Gasteiger partial charge in [0.15, 0.2) is 0 Å². The van der Waals surface area contributed by atoms with Gasteiger partial charge < -0.3 is 16.6 Å². The molecule has 2 nitrogen and oxygen atoms in total. The van der Waals surface area contributed by atoms with E-state index in [2.05, 4.69) is 36.1 Å². The van der Waals surface area contributed by atoms with Gasteiger partial charge >= 0.3 is 18.9 Å². The van der Waals surface area contributed by atoms with Crippen molar-refractivity contribution >= 4 is 5.69 Å². The molecule has 0 atom stereocenters. The zero-order valence-electron chi connectivity index (χ0n) is 12.1. The van der Waals surface area contributed by atoms with E-state index >= 15 is 0 Å². The van der Waals surface area contributed by atoms with E-state index < -0.39 is 0 Å². The van der Waals surface area contributed by atoms with Crippen molar-refractivity contribution in [2.24, 2.45) is 0 Å². The van der Waals surface area contributed by atoms with Crippen molar-refractivity contribution in [3.8, 4) is 0 Å². The topological polar surface area (TPSA) is 12.5 Å². The Balaban J connectivity index is 0.00000289. The third-order valence-corrected chi connectivity index (χ3v) is 2.76. The molecule has 1 aromatic rings. The molecule has 0 saturated carbocycles. The molecule has 0 fully saturated rings. The first-order chi connectivity index (χ1) is 8.24. The minimum absolute atomic E-state index is 0. The van der Waals surface area contributed by atoms with Crippen LogP contribution in [0.25, 0.3) is 0 Å². The van der Waals surface area contributed by atoms with Crippen molar-refractivity contribution in [2.45, 2.75) is 32.3 Å². The monoisotopic (exact) mass is 241 g/mol. The van der Waals surface area contributed by atoms with Crippen LogP contribution in [0.4, 0.5) is 5.69 Å². The Kier molecular flexibility index (Phi) is 10.2. The van der Waals surface area contributed by atoms with Crippen LogP contribution in [-0.2, 0) is 11.3 Å². The van der Waals surface area contributed by atoms with Crippen molar-refractivity contribution in [1.29, 1.82) is 0 Å². The fraction of sp³-hybridized carbons (Fsp3) is 0.533. The summed E-state index contributed by atoms with van der Waals surface area (Å²) in [6, 6.07) is 8.51. The van der Waals surface area contributed by atoms with Crippen LogP contribution in [0, 0.1) is 6.92 Å². The molecule has 96 valence electrons. The number of anilines is 1. The van der Waals surface area contributed by atoms with Crippen LogP contribution in [0.3, 0.4) is 0 Å². The summed E-state index contributed by atoms with van der Waals surface area (Å²) in [4.78, 5) is 2.10. The number of hydrogen-bond donors (Lipinski definition) is 0. The summed E-state index contributed by atoms with van der Waals surface area (Å²) in [5.74, 6) is 0. The number of hydrogen-bond acceptors (Lipinski definition) is 2. The van der Waals surface area contributed by atoms with Gasteiger partial charge in [0.25, 0.3) is 0 Å². The van der Waals surface area contributed by atoms with Crippen LogP contribution in [0.2, 0.25) is 0 Å². The van der Waals surface area contributed by atoms with E-state index in [0.29, 0.717) is 0 Å². The summed E-state index contributed by atoms with van der Waals surface area (Å²) >= 11 is 0. The van der Waals surface area contributed by atoms with E-state index in [1.165, 1.54) is 24.1 Å². The van der Waals surface area contributed by atoms with Gasteiger partial charge in [0.2, 0.25) is 0 Å². The molecule has 18 heavy (non-hydrogen) atoms. The molecule has 0 aromatic heterocycles. The van der Waals surface area contributed by atoms with E-state index in [0.717, 1.165) is 26.1 Å². The van der Waals surface area contributed by atoms with E-state index in [-0.39, 0.29) is 18.9 Å². The van der Waals surface area contributed by atoms with Crippen molar-refractivity contribution < 1.29 is 23.6 Å². The quantitative estimate of drug-likeness (QED) is 0.377. The minimum atomic E-state index is 0. The van der Waals surface area contributed by atoms with E-state index in [9.17, 15) is 0 Å². The summed E-state index contributed by atoms with van der Waals surface area (Å²) in [5.41, 5.74) is 2.47. The summed E-state index contributed by atoms with van der Waals surface area (Å²) in [5, 5.41) is 0. The van der Waals surface area contributed by atoms with Crippen LogP contribution >= 0.6 is 0 Å². The normalized spacial score (nSPS) is 9.94. The second-order valence-electron chi connectivity index (χ2n) is 4.53. The summed E-state index contributed by atoms with van der Waals surface area (Å²) < 4.78 is 5.63. The number of nitrogens with zero attached hydrogens (tertiary/aromatic N) is 1. The van der Waals surface area contributed by atoms with Crippen molar-refractivity contribution in [1.82, 2.24) is 0 Å². The molecule has 0 aliphatic rings. The Morgan fingerprint density at radius 1 is 1.06 bits per heavy atom. The van der Waals surface area contributed by atoms with Crippen LogP contribution < -0.4 is 23.8 Å². The van der Waals surface area contributed by atoms with Crippen molar-refractivity contribution in [3.05, 3.63) is 36.8 Å². The average Bonchev–Trinajstić information content (AvgIpc) is 2.34. The Hall–Kier alpha value is -0.423. The molecule has 3 heteroatoms. The summed E-state index contributed by atoms with van der Waals surface area (Å²) in [6.45, 7) is 5.41. The van der Waals surface area contributed by atoms with Crippen molar-refractivity contribution in [3.63, 3.8) is 0 Å². The first-order valence-corrected chi connectivity index (χ1v) is 6.37. The van der Waals surface area contributed by atoms with Gasteiger partial charge in [-0.25, -0.2) is 0 Å². The molecule has 0 amide bonds. The number of benzene rings is 1. The van der Waals surface area contributed by atoms with Crippen molar-refractivity contribution in [2.75, 3.05) is 25.6 Å². The SMILES string of the molecule is [CH2-]CCCCCOCc1ccc(N(C)C)cc1.[Li+]. The zero-order chi connectivity index (χ0) is 12.5. The molecule has 1 rings (SSSR count). The van der Waals surface area contributed by atoms with E-state index in [1.807, 2.05) is 14.1 Å². The van der Waals surface area contributed by atoms with Gasteiger partial charge in [-0.15, -0.1) is 0 Å². The predicted octanol–water partition coefficient (Wildman–Crippen LogP) is 0.668. The largest absolute Gasteiger partial charge is 1.00 e. The maximum atomic E-state index is 5.63. The first kappa shape index (κ1) is 17.6. The van der Waals surface area contributed by atoms with E-state index in [4.69, 9.17) is 4.74 Å². The molecular weight excluding hydrogens is 217 g/mol. The third kappa shape index (κ3) is 7.11. The molecule has 0 spiro atoms. The Morgan fingerprint density at radius 2 is 1.72 bits per heavy atom. The Bertz CT molecular complexity index is 298. The van der Waals surface area contributed by atoms with Gasteiger partial charge in [-0.1, -0.05) is 25.0 Å². The van der Waals surface area contributed by atoms with Gasteiger partial charge in [-0.3, -0.25) is 0 Å². The van der Waals surface area contributed by atoms with Gasteiger partial charge in [-0.2, -0.15) is 6.42 Å². The average molecular weight is 241 g/mol. The maximum Gasteiger partial charge on any atom is 1.00 e. The second-order valence-corrected chi connectivity index (χ2v) is 4.53. The number of unbranched alkanes of at least 4 members (excludes halogenated alkanes) is 3. The smallest absolute Gasteiger partial charge is 0.378 e. The van der Waals surface area contributed by atoms with Crippen LogP contribution in [-0.4, -0.2) is 20.7 Å². The molecule has 1 aromatic carbocycles.